The first-order valence-electron chi connectivity index (χ1n) is 6.17. The topological polar surface area (TPSA) is 75.6 Å². The minimum atomic E-state index is -0.156. The Kier molecular flexibility index (Phi) is 3.53. The average molecular weight is 261 g/mol. The van der Waals surface area contributed by atoms with E-state index in [9.17, 15) is 4.79 Å². The number of nitrogens with one attached hydrogen (secondary N) is 2. The second kappa shape index (κ2) is 4.97. The molecule has 19 heavy (non-hydrogen) atoms. The summed E-state index contributed by atoms with van der Waals surface area (Å²) in [6.07, 6.45) is 3.36. The van der Waals surface area contributed by atoms with Crippen molar-refractivity contribution in [3.8, 4) is 11.5 Å². The number of nitrogens with zero attached hydrogens (tertiary/aromatic N) is 3. The number of aromatic nitrogens is 4. The van der Waals surface area contributed by atoms with Gasteiger partial charge in [0.2, 0.25) is 0 Å². The van der Waals surface area contributed by atoms with Gasteiger partial charge >= 0.3 is 0 Å². The maximum absolute atomic E-state index is 11.7. The van der Waals surface area contributed by atoms with Gasteiger partial charge in [0.25, 0.3) is 5.56 Å². The predicted octanol–water partition coefficient (Wildman–Crippen LogP) is 1.06. The smallest absolute Gasteiger partial charge is 0.251 e. The van der Waals surface area contributed by atoms with Crippen LogP contribution in [0.5, 0.6) is 0 Å². The van der Waals surface area contributed by atoms with Crippen LogP contribution in [0.15, 0.2) is 23.4 Å². The number of aryl methyl sites for hydroxylation is 1. The molecule has 2 aromatic heterocycles. The van der Waals surface area contributed by atoms with E-state index >= 15 is 0 Å². The van der Waals surface area contributed by atoms with Gasteiger partial charge in [0.15, 0.2) is 5.82 Å². The molecule has 0 atom stereocenters. The van der Waals surface area contributed by atoms with E-state index in [4.69, 9.17) is 0 Å². The third-order valence-corrected chi connectivity index (χ3v) is 2.65. The minimum Gasteiger partial charge on any atom is -0.331 e. The molecule has 102 valence electrons. The maximum Gasteiger partial charge on any atom is 0.251 e. The Morgan fingerprint density at radius 3 is 2.74 bits per heavy atom. The number of aromatic amines is 1. The van der Waals surface area contributed by atoms with Crippen molar-refractivity contribution in [2.75, 3.05) is 0 Å². The summed E-state index contributed by atoms with van der Waals surface area (Å²) < 4.78 is 1.82. The van der Waals surface area contributed by atoms with E-state index in [1.54, 1.807) is 12.5 Å². The third kappa shape index (κ3) is 3.51. The summed E-state index contributed by atoms with van der Waals surface area (Å²) in [5.41, 5.74) is 1.33. The van der Waals surface area contributed by atoms with E-state index in [-0.39, 0.29) is 11.1 Å². The van der Waals surface area contributed by atoms with Crippen LogP contribution in [0.4, 0.5) is 0 Å². The van der Waals surface area contributed by atoms with E-state index < -0.39 is 0 Å². The molecule has 6 heteroatoms. The first kappa shape index (κ1) is 13.5. The highest BCUT2D eigenvalue weighted by Crippen LogP contribution is 2.11. The van der Waals surface area contributed by atoms with Gasteiger partial charge in [-0.2, -0.15) is 0 Å². The summed E-state index contributed by atoms with van der Waals surface area (Å²) in [7, 11) is 1.86. The first-order chi connectivity index (χ1) is 8.85. The molecular formula is C13H19N5O. The standard InChI is InChI=1S/C13H19N5O/c1-13(2,3)15-6-9-5-11(19)17-12(16-9)10-7-14-8-18(10)4/h5,7-8,15H,6H2,1-4H3,(H,16,17,19). The molecule has 0 unspecified atom stereocenters. The van der Waals surface area contributed by atoms with Crippen LogP contribution in [0.1, 0.15) is 26.5 Å². The molecule has 2 aromatic rings. The van der Waals surface area contributed by atoms with E-state index in [1.165, 1.54) is 6.07 Å². The SMILES string of the molecule is Cn1cncc1-c1nc(CNC(C)(C)C)cc(=O)[nH]1. The third-order valence-electron chi connectivity index (χ3n) is 2.65. The molecule has 0 saturated carbocycles. The fourth-order valence-corrected chi connectivity index (χ4v) is 1.66. The molecule has 0 aromatic carbocycles. The lowest BCUT2D eigenvalue weighted by molar-refractivity contribution is 0.421. The summed E-state index contributed by atoms with van der Waals surface area (Å²) >= 11 is 0. The van der Waals surface area contributed by atoms with Gasteiger partial charge in [-0.05, 0) is 20.8 Å². The van der Waals surface area contributed by atoms with Crippen molar-refractivity contribution in [2.24, 2.45) is 7.05 Å². The molecule has 6 nitrogen and oxygen atoms in total. The Balaban J connectivity index is 2.30. The van der Waals surface area contributed by atoms with Gasteiger partial charge in [-0.15, -0.1) is 0 Å². The van der Waals surface area contributed by atoms with Gasteiger partial charge in [-0.25, -0.2) is 9.97 Å². The van der Waals surface area contributed by atoms with Crippen molar-refractivity contribution >= 4 is 0 Å². The summed E-state index contributed by atoms with van der Waals surface area (Å²) in [6, 6.07) is 1.51. The number of imidazole rings is 1. The van der Waals surface area contributed by atoms with E-state index in [0.29, 0.717) is 12.4 Å². The lowest BCUT2D eigenvalue weighted by atomic mass is 10.1. The minimum absolute atomic E-state index is 0.0169. The van der Waals surface area contributed by atoms with Crippen molar-refractivity contribution in [3.05, 3.63) is 34.6 Å². The van der Waals surface area contributed by atoms with Gasteiger partial charge in [0.1, 0.15) is 5.69 Å². The zero-order valence-electron chi connectivity index (χ0n) is 11.7. The molecule has 0 radical (unpaired) electrons. The van der Waals surface area contributed by atoms with E-state index in [2.05, 4.69) is 41.0 Å². The zero-order valence-corrected chi connectivity index (χ0v) is 11.7. The molecule has 2 N–H and O–H groups in total. The first-order valence-corrected chi connectivity index (χ1v) is 6.17. The lowest BCUT2D eigenvalue weighted by Crippen LogP contribution is -2.35. The largest absolute Gasteiger partial charge is 0.331 e. The van der Waals surface area contributed by atoms with E-state index in [1.807, 2.05) is 11.6 Å². The molecule has 2 heterocycles. The van der Waals surface area contributed by atoms with Gasteiger partial charge < -0.3 is 14.9 Å². The summed E-state index contributed by atoms with van der Waals surface area (Å²) in [4.78, 5) is 22.9. The van der Waals surface area contributed by atoms with Crippen LogP contribution in [-0.2, 0) is 13.6 Å². The molecule has 0 aliphatic heterocycles. The Bertz CT molecular complexity index is 620. The highest BCUT2D eigenvalue weighted by molar-refractivity contribution is 5.47. The number of hydrogen-bond acceptors (Lipinski definition) is 4. The van der Waals surface area contributed by atoms with Crippen molar-refractivity contribution in [3.63, 3.8) is 0 Å². The van der Waals surface area contributed by atoms with Crippen molar-refractivity contribution in [1.82, 2.24) is 24.8 Å². The molecular weight excluding hydrogens is 242 g/mol. The van der Waals surface area contributed by atoms with Gasteiger partial charge in [0, 0.05) is 25.2 Å². The molecule has 0 aliphatic rings. The van der Waals surface area contributed by atoms with Gasteiger partial charge in [-0.1, -0.05) is 0 Å². The molecule has 0 aliphatic carbocycles. The molecule has 0 saturated heterocycles. The normalized spacial score (nSPS) is 11.8. The summed E-state index contributed by atoms with van der Waals surface area (Å²) in [5.74, 6) is 0.540. The molecule has 0 fully saturated rings. The number of rotatable bonds is 3. The average Bonchev–Trinajstić information content (AvgIpc) is 2.71. The Morgan fingerprint density at radius 2 is 2.16 bits per heavy atom. The molecule has 0 amide bonds. The number of H-pyrrole nitrogens is 1. The second-order valence-corrected chi connectivity index (χ2v) is 5.58. The highest BCUT2D eigenvalue weighted by atomic mass is 16.1. The zero-order chi connectivity index (χ0) is 14.0. The molecule has 0 spiro atoms. The summed E-state index contributed by atoms with van der Waals surface area (Å²) in [5, 5.41) is 3.31. The van der Waals surface area contributed by atoms with Crippen LogP contribution in [-0.4, -0.2) is 25.1 Å². The van der Waals surface area contributed by atoms with Gasteiger partial charge in [-0.3, -0.25) is 4.79 Å². The van der Waals surface area contributed by atoms with Crippen LogP contribution < -0.4 is 10.9 Å². The predicted molar refractivity (Wildman–Crippen MR) is 73.7 cm³/mol. The van der Waals surface area contributed by atoms with Gasteiger partial charge in [0.05, 0.1) is 18.2 Å². The molecule has 0 bridgehead atoms. The van der Waals surface area contributed by atoms with Crippen molar-refractivity contribution in [1.29, 1.82) is 0 Å². The van der Waals surface area contributed by atoms with Crippen molar-refractivity contribution in [2.45, 2.75) is 32.9 Å². The second-order valence-electron chi connectivity index (χ2n) is 5.58. The fraction of sp³-hybridized carbons (Fsp3) is 0.462. The van der Waals surface area contributed by atoms with Crippen LogP contribution in [0, 0.1) is 0 Å². The summed E-state index contributed by atoms with van der Waals surface area (Å²) in [6.45, 7) is 6.77. The van der Waals surface area contributed by atoms with Crippen molar-refractivity contribution < 1.29 is 0 Å². The maximum atomic E-state index is 11.7. The fourth-order valence-electron chi connectivity index (χ4n) is 1.66. The monoisotopic (exact) mass is 261 g/mol. The van der Waals surface area contributed by atoms with Crippen LogP contribution in [0.2, 0.25) is 0 Å². The Labute approximate surface area is 111 Å². The quantitative estimate of drug-likeness (QED) is 0.866. The van der Waals surface area contributed by atoms with Crippen LogP contribution >= 0.6 is 0 Å². The Morgan fingerprint density at radius 1 is 1.42 bits per heavy atom. The lowest BCUT2D eigenvalue weighted by Gasteiger charge is -2.20. The Hall–Kier alpha value is -1.95. The van der Waals surface area contributed by atoms with E-state index in [0.717, 1.165) is 11.4 Å². The molecule has 2 rings (SSSR count). The van der Waals surface area contributed by atoms with Crippen LogP contribution in [0.25, 0.3) is 11.5 Å². The number of hydrogen-bond donors (Lipinski definition) is 2. The highest BCUT2D eigenvalue weighted by Gasteiger charge is 2.11. The van der Waals surface area contributed by atoms with Crippen LogP contribution in [0.3, 0.4) is 0 Å².